The number of pyridine rings is 2. The topological polar surface area (TPSA) is 55.2 Å². The van der Waals surface area contributed by atoms with Crippen LogP contribution in [0.3, 0.4) is 0 Å². The fourth-order valence-corrected chi connectivity index (χ4v) is 1.95. The Morgan fingerprint density at radius 3 is 2.53 bits per heavy atom. The Bertz CT molecular complexity index is 550. The number of halogens is 1. The molecule has 0 radical (unpaired) electrons. The zero-order chi connectivity index (χ0) is 12.0. The highest BCUT2D eigenvalue weighted by Crippen LogP contribution is 2.40. The summed E-state index contributed by atoms with van der Waals surface area (Å²) < 4.78 is 5.54. The van der Waals surface area contributed by atoms with E-state index in [1.54, 1.807) is 18.2 Å². The van der Waals surface area contributed by atoms with E-state index in [-0.39, 0.29) is 0 Å². The number of aliphatic hydroxyl groups excluding tert-OH is 1. The maximum atomic E-state index is 10.2. The van der Waals surface area contributed by atoms with Crippen LogP contribution in [0, 0.1) is 6.92 Å². The van der Waals surface area contributed by atoms with Crippen LogP contribution in [0.15, 0.2) is 24.3 Å². The molecule has 0 saturated heterocycles. The second kappa shape index (κ2) is 3.68. The molecule has 1 aliphatic rings. The molecule has 1 atom stereocenters. The van der Waals surface area contributed by atoms with Crippen molar-refractivity contribution in [2.75, 3.05) is 0 Å². The Labute approximate surface area is 103 Å². The molecule has 86 valence electrons. The number of aliphatic hydroxyl groups is 1. The van der Waals surface area contributed by atoms with E-state index in [0.29, 0.717) is 28.0 Å². The summed E-state index contributed by atoms with van der Waals surface area (Å²) >= 11 is 5.79. The summed E-state index contributed by atoms with van der Waals surface area (Å²) in [5, 5.41) is 10.5. The zero-order valence-corrected chi connectivity index (χ0v) is 9.77. The molecule has 0 saturated carbocycles. The minimum Gasteiger partial charge on any atom is -0.420 e. The van der Waals surface area contributed by atoms with Crippen LogP contribution in [0.25, 0.3) is 0 Å². The van der Waals surface area contributed by atoms with E-state index in [1.807, 2.05) is 13.0 Å². The zero-order valence-electron chi connectivity index (χ0n) is 9.01. The highest BCUT2D eigenvalue weighted by Gasteiger charge is 2.27. The van der Waals surface area contributed by atoms with Crippen LogP contribution in [0.1, 0.15) is 22.9 Å². The fraction of sp³-hybridized carbons (Fsp3) is 0.167. The predicted molar refractivity (Wildman–Crippen MR) is 62.4 cm³/mol. The monoisotopic (exact) mass is 248 g/mol. The summed E-state index contributed by atoms with van der Waals surface area (Å²) in [6, 6.07) is 6.97. The lowest BCUT2D eigenvalue weighted by Crippen LogP contribution is -2.12. The van der Waals surface area contributed by atoms with E-state index in [9.17, 15) is 5.11 Å². The van der Waals surface area contributed by atoms with Crippen LogP contribution in [0.5, 0.6) is 11.8 Å². The molecule has 0 aliphatic carbocycles. The molecule has 3 rings (SSSR count). The lowest BCUT2D eigenvalue weighted by Gasteiger charge is -2.22. The lowest BCUT2D eigenvalue weighted by atomic mass is 10.0. The summed E-state index contributed by atoms with van der Waals surface area (Å²) in [5.41, 5.74) is 2.07. The van der Waals surface area contributed by atoms with Gasteiger partial charge in [0.15, 0.2) is 0 Å². The third-order valence-electron chi connectivity index (χ3n) is 2.67. The standard InChI is InChI=1S/C12H9ClN2O2/c1-6-2-3-7-10(16)8-4-5-9(13)15-12(8)17-11(7)14-6/h2-5,10,16H,1H3. The highest BCUT2D eigenvalue weighted by molar-refractivity contribution is 6.29. The maximum Gasteiger partial charge on any atom is 0.228 e. The smallest absolute Gasteiger partial charge is 0.228 e. The van der Waals surface area contributed by atoms with Gasteiger partial charge in [-0.25, -0.2) is 9.97 Å². The second-order valence-corrected chi connectivity index (χ2v) is 4.27. The van der Waals surface area contributed by atoms with Gasteiger partial charge in [-0.3, -0.25) is 0 Å². The molecular weight excluding hydrogens is 240 g/mol. The second-order valence-electron chi connectivity index (χ2n) is 3.88. The molecule has 0 spiro atoms. The summed E-state index contributed by atoms with van der Waals surface area (Å²) in [6.45, 7) is 1.86. The molecule has 3 heterocycles. The van der Waals surface area contributed by atoms with Crippen LogP contribution >= 0.6 is 11.6 Å². The van der Waals surface area contributed by atoms with Crippen molar-refractivity contribution in [1.82, 2.24) is 9.97 Å². The van der Waals surface area contributed by atoms with Crippen molar-refractivity contribution in [2.24, 2.45) is 0 Å². The molecule has 5 heteroatoms. The van der Waals surface area contributed by atoms with Gasteiger partial charge in [0.1, 0.15) is 11.3 Å². The molecule has 0 amide bonds. The Hall–Kier alpha value is -1.65. The van der Waals surface area contributed by atoms with Crippen molar-refractivity contribution in [3.8, 4) is 11.8 Å². The molecule has 2 aromatic heterocycles. The number of fused-ring (bicyclic) bond motifs is 2. The normalized spacial score (nSPS) is 17.0. The number of rotatable bonds is 0. The number of hydrogen-bond acceptors (Lipinski definition) is 4. The van der Waals surface area contributed by atoms with Crippen LogP contribution in [-0.2, 0) is 0 Å². The predicted octanol–water partition coefficient (Wildman–Crippen LogP) is 2.63. The number of aryl methyl sites for hydroxylation is 1. The van der Waals surface area contributed by atoms with Gasteiger partial charge < -0.3 is 9.84 Å². The average Bonchev–Trinajstić information content (AvgIpc) is 2.28. The van der Waals surface area contributed by atoms with E-state index in [0.717, 1.165) is 5.69 Å². The minimum atomic E-state index is -0.772. The molecule has 2 aromatic rings. The average molecular weight is 249 g/mol. The Balaban J connectivity index is 2.17. The third-order valence-corrected chi connectivity index (χ3v) is 2.88. The number of aromatic nitrogens is 2. The van der Waals surface area contributed by atoms with Crippen molar-refractivity contribution in [1.29, 1.82) is 0 Å². The molecule has 1 N–H and O–H groups in total. The van der Waals surface area contributed by atoms with E-state index in [2.05, 4.69) is 9.97 Å². The van der Waals surface area contributed by atoms with Crippen molar-refractivity contribution < 1.29 is 9.84 Å². The molecule has 0 bridgehead atoms. The summed E-state index contributed by atoms with van der Waals surface area (Å²) in [4.78, 5) is 8.26. The van der Waals surface area contributed by atoms with Crippen molar-refractivity contribution in [3.63, 3.8) is 0 Å². The highest BCUT2D eigenvalue weighted by atomic mass is 35.5. The first-order chi connectivity index (χ1) is 8.15. The maximum absolute atomic E-state index is 10.2. The molecule has 0 aromatic carbocycles. The first kappa shape index (κ1) is 10.5. The van der Waals surface area contributed by atoms with Crippen LogP contribution < -0.4 is 4.74 Å². The van der Waals surface area contributed by atoms with E-state index in [4.69, 9.17) is 16.3 Å². The number of hydrogen-bond donors (Lipinski definition) is 1. The van der Waals surface area contributed by atoms with Crippen molar-refractivity contribution in [3.05, 3.63) is 46.2 Å². The largest absolute Gasteiger partial charge is 0.420 e. The van der Waals surface area contributed by atoms with Gasteiger partial charge >= 0.3 is 0 Å². The van der Waals surface area contributed by atoms with Gasteiger partial charge in [0.25, 0.3) is 0 Å². The van der Waals surface area contributed by atoms with Crippen LogP contribution in [-0.4, -0.2) is 15.1 Å². The number of nitrogens with zero attached hydrogens (tertiary/aromatic N) is 2. The van der Waals surface area contributed by atoms with Gasteiger partial charge in [-0.05, 0) is 31.2 Å². The van der Waals surface area contributed by atoms with E-state index in [1.165, 1.54) is 0 Å². The first-order valence-corrected chi connectivity index (χ1v) is 5.53. The van der Waals surface area contributed by atoms with E-state index >= 15 is 0 Å². The Kier molecular flexibility index (Phi) is 2.28. The van der Waals surface area contributed by atoms with Gasteiger partial charge in [-0.15, -0.1) is 0 Å². The van der Waals surface area contributed by atoms with Gasteiger partial charge in [-0.1, -0.05) is 11.6 Å². The lowest BCUT2D eigenvalue weighted by molar-refractivity contribution is 0.198. The van der Waals surface area contributed by atoms with Gasteiger partial charge in [0, 0.05) is 16.8 Å². The summed E-state index contributed by atoms with van der Waals surface area (Å²) in [5.74, 6) is 0.704. The molecule has 4 nitrogen and oxygen atoms in total. The third kappa shape index (κ3) is 1.66. The Morgan fingerprint density at radius 1 is 1.12 bits per heavy atom. The van der Waals surface area contributed by atoms with Crippen molar-refractivity contribution in [2.45, 2.75) is 13.0 Å². The number of ether oxygens (including phenoxy) is 1. The molecular formula is C12H9ClN2O2. The molecule has 0 fully saturated rings. The Morgan fingerprint density at radius 2 is 1.76 bits per heavy atom. The SMILES string of the molecule is Cc1ccc2c(n1)Oc1nc(Cl)ccc1C2O. The fourth-order valence-electron chi connectivity index (χ4n) is 1.81. The molecule has 1 unspecified atom stereocenters. The van der Waals surface area contributed by atoms with E-state index < -0.39 is 6.10 Å². The van der Waals surface area contributed by atoms with Crippen molar-refractivity contribution >= 4 is 11.6 Å². The summed E-state index contributed by atoms with van der Waals surface area (Å²) in [6.07, 6.45) is -0.772. The first-order valence-electron chi connectivity index (χ1n) is 5.15. The molecule has 1 aliphatic heterocycles. The molecule has 17 heavy (non-hydrogen) atoms. The van der Waals surface area contributed by atoms with Crippen LogP contribution in [0.4, 0.5) is 0 Å². The quantitative estimate of drug-likeness (QED) is 0.728. The van der Waals surface area contributed by atoms with Crippen LogP contribution in [0.2, 0.25) is 5.15 Å². The van der Waals surface area contributed by atoms with Gasteiger partial charge in [-0.2, -0.15) is 0 Å². The van der Waals surface area contributed by atoms with Gasteiger partial charge in [0.2, 0.25) is 11.8 Å². The summed E-state index contributed by atoms with van der Waals surface area (Å²) in [7, 11) is 0. The minimum absolute atomic E-state index is 0.315. The van der Waals surface area contributed by atoms with Gasteiger partial charge in [0.05, 0.1) is 0 Å².